The fourth-order valence-corrected chi connectivity index (χ4v) is 2.12. The van der Waals surface area contributed by atoms with Crippen LogP contribution in [0.4, 0.5) is 0 Å². The van der Waals surface area contributed by atoms with Crippen LogP contribution in [0.5, 0.6) is 5.75 Å². The van der Waals surface area contributed by atoms with Crippen molar-refractivity contribution in [3.63, 3.8) is 0 Å². The number of fused-ring (bicyclic) bond motifs is 1. The van der Waals surface area contributed by atoms with Gasteiger partial charge in [0.1, 0.15) is 17.7 Å². The molecule has 0 spiro atoms. The minimum Gasteiger partial charge on any atom is -0.484 e. The normalized spacial score (nSPS) is 12.6. The lowest BCUT2D eigenvalue weighted by molar-refractivity contribution is 0.218. The summed E-state index contributed by atoms with van der Waals surface area (Å²) in [6.07, 6.45) is 1.53. The lowest BCUT2D eigenvalue weighted by Gasteiger charge is -2.15. The van der Waals surface area contributed by atoms with Gasteiger partial charge in [-0.1, -0.05) is 11.6 Å². The van der Waals surface area contributed by atoms with Crippen LogP contribution >= 0.6 is 11.6 Å². The predicted octanol–water partition coefficient (Wildman–Crippen LogP) is 3.23. The number of nitrogens with zero attached hydrogens (tertiary/aromatic N) is 4. The number of hydrogen-bond acceptors (Lipinski definition) is 4. The Morgan fingerprint density at radius 1 is 1.20 bits per heavy atom. The van der Waals surface area contributed by atoms with Crippen LogP contribution in [-0.2, 0) is 0 Å². The molecule has 0 aliphatic rings. The van der Waals surface area contributed by atoms with E-state index in [4.69, 9.17) is 16.3 Å². The van der Waals surface area contributed by atoms with Crippen molar-refractivity contribution < 1.29 is 4.74 Å². The molecule has 20 heavy (non-hydrogen) atoms. The molecule has 3 rings (SSSR count). The van der Waals surface area contributed by atoms with Crippen molar-refractivity contribution in [1.29, 1.82) is 0 Å². The number of rotatable bonds is 3. The summed E-state index contributed by atoms with van der Waals surface area (Å²) < 4.78 is 7.60. The first-order chi connectivity index (χ1) is 9.63. The number of aromatic nitrogens is 4. The summed E-state index contributed by atoms with van der Waals surface area (Å²) in [4.78, 5) is 8.42. The Bertz CT molecular complexity index is 739. The molecule has 0 amide bonds. The summed E-state index contributed by atoms with van der Waals surface area (Å²) in [5, 5.41) is 5.02. The van der Waals surface area contributed by atoms with Gasteiger partial charge in [0.25, 0.3) is 5.78 Å². The Balaban J connectivity index is 1.92. The maximum absolute atomic E-state index is 5.90. The number of hydrogen-bond donors (Lipinski definition) is 0. The summed E-state index contributed by atoms with van der Waals surface area (Å²) >= 11 is 5.86. The van der Waals surface area contributed by atoms with Gasteiger partial charge in [-0.15, -0.1) is 5.10 Å². The maximum atomic E-state index is 5.90. The van der Waals surface area contributed by atoms with Crippen molar-refractivity contribution in [1.82, 2.24) is 19.6 Å². The fraction of sp³-hybridized carbons (Fsp3) is 0.214. The van der Waals surface area contributed by atoms with Crippen LogP contribution < -0.4 is 4.74 Å². The SMILES string of the molecule is Cc1nc2nccc(C(C)Oc3ccc(Cl)cc3)n2n1. The van der Waals surface area contributed by atoms with Gasteiger partial charge in [0.2, 0.25) is 0 Å². The fourth-order valence-electron chi connectivity index (χ4n) is 2.00. The zero-order chi connectivity index (χ0) is 14.1. The first-order valence-electron chi connectivity index (χ1n) is 6.24. The highest BCUT2D eigenvalue weighted by Crippen LogP contribution is 2.23. The number of aryl methyl sites for hydroxylation is 1. The Morgan fingerprint density at radius 2 is 1.95 bits per heavy atom. The second-order valence-electron chi connectivity index (χ2n) is 4.45. The molecule has 1 aromatic carbocycles. The summed E-state index contributed by atoms with van der Waals surface area (Å²) in [7, 11) is 0. The lowest BCUT2D eigenvalue weighted by atomic mass is 10.2. The Morgan fingerprint density at radius 3 is 2.70 bits per heavy atom. The first kappa shape index (κ1) is 12.9. The molecule has 2 aromatic heterocycles. The number of benzene rings is 1. The third-order valence-corrected chi connectivity index (χ3v) is 3.17. The van der Waals surface area contributed by atoms with E-state index in [1.807, 2.05) is 32.0 Å². The summed E-state index contributed by atoms with van der Waals surface area (Å²) in [6, 6.07) is 9.14. The smallest absolute Gasteiger partial charge is 0.252 e. The van der Waals surface area contributed by atoms with Gasteiger partial charge >= 0.3 is 0 Å². The van der Waals surface area contributed by atoms with E-state index < -0.39 is 0 Å². The van der Waals surface area contributed by atoms with Crippen molar-refractivity contribution in [2.45, 2.75) is 20.0 Å². The highest BCUT2D eigenvalue weighted by Gasteiger charge is 2.14. The minimum absolute atomic E-state index is 0.178. The molecule has 0 aliphatic carbocycles. The van der Waals surface area contributed by atoms with E-state index in [2.05, 4.69) is 15.1 Å². The van der Waals surface area contributed by atoms with Gasteiger partial charge in [0, 0.05) is 11.2 Å². The molecular weight excluding hydrogens is 276 g/mol. The average molecular weight is 289 g/mol. The molecule has 1 unspecified atom stereocenters. The zero-order valence-corrected chi connectivity index (χ0v) is 11.9. The minimum atomic E-state index is -0.178. The molecule has 6 heteroatoms. The number of halogens is 1. The van der Waals surface area contributed by atoms with Crippen molar-refractivity contribution >= 4 is 17.4 Å². The molecule has 0 fully saturated rings. The third kappa shape index (κ3) is 2.44. The highest BCUT2D eigenvalue weighted by atomic mass is 35.5. The molecule has 0 saturated heterocycles. The topological polar surface area (TPSA) is 52.3 Å². The molecular formula is C14H13ClN4O. The highest BCUT2D eigenvalue weighted by molar-refractivity contribution is 6.30. The average Bonchev–Trinajstić information content (AvgIpc) is 2.81. The maximum Gasteiger partial charge on any atom is 0.252 e. The summed E-state index contributed by atoms with van der Waals surface area (Å²) in [5.41, 5.74) is 0.894. The van der Waals surface area contributed by atoms with Gasteiger partial charge < -0.3 is 4.74 Å². The van der Waals surface area contributed by atoms with Gasteiger partial charge in [0.05, 0.1) is 5.69 Å². The van der Waals surface area contributed by atoms with Crippen molar-refractivity contribution in [2.24, 2.45) is 0 Å². The monoisotopic (exact) mass is 288 g/mol. The molecule has 0 N–H and O–H groups in total. The molecule has 0 aliphatic heterocycles. The van der Waals surface area contributed by atoms with Crippen LogP contribution in [0.1, 0.15) is 24.5 Å². The van der Waals surface area contributed by atoms with E-state index >= 15 is 0 Å². The van der Waals surface area contributed by atoms with Crippen LogP contribution in [0, 0.1) is 6.92 Å². The van der Waals surface area contributed by atoms with Crippen molar-refractivity contribution in [3.8, 4) is 5.75 Å². The molecule has 5 nitrogen and oxygen atoms in total. The van der Waals surface area contributed by atoms with Crippen LogP contribution in [0.25, 0.3) is 5.78 Å². The summed E-state index contributed by atoms with van der Waals surface area (Å²) in [5.74, 6) is 2.01. The Labute approximate surface area is 121 Å². The van der Waals surface area contributed by atoms with Gasteiger partial charge in [-0.25, -0.2) is 4.98 Å². The van der Waals surface area contributed by atoms with Gasteiger partial charge in [-0.3, -0.25) is 0 Å². The van der Waals surface area contributed by atoms with Crippen LogP contribution in [0.3, 0.4) is 0 Å². The van der Waals surface area contributed by atoms with E-state index in [1.54, 1.807) is 22.8 Å². The lowest BCUT2D eigenvalue weighted by Crippen LogP contribution is -2.10. The van der Waals surface area contributed by atoms with E-state index in [1.165, 1.54) is 0 Å². The molecule has 0 radical (unpaired) electrons. The Hall–Kier alpha value is -2.14. The second-order valence-corrected chi connectivity index (χ2v) is 4.89. The van der Waals surface area contributed by atoms with Gasteiger partial charge in [-0.2, -0.15) is 9.50 Å². The Kier molecular flexibility index (Phi) is 3.28. The molecule has 0 saturated carbocycles. The van der Waals surface area contributed by atoms with E-state index in [-0.39, 0.29) is 6.10 Å². The van der Waals surface area contributed by atoms with Crippen LogP contribution in [-0.4, -0.2) is 19.6 Å². The third-order valence-electron chi connectivity index (χ3n) is 2.92. The standard InChI is InChI=1S/C14H13ClN4O/c1-9(20-12-5-3-11(15)4-6-12)13-7-8-16-14-17-10(2)18-19(13)14/h3-9H,1-2H3. The van der Waals surface area contributed by atoms with Crippen molar-refractivity contribution in [2.75, 3.05) is 0 Å². The molecule has 1 atom stereocenters. The van der Waals surface area contributed by atoms with E-state index in [0.29, 0.717) is 16.6 Å². The second kappa shape index (κ2) is 5.09. The molecule has 102 valence electrons. The first-order valence-corrected chi connectivity index (χ1v) is 6.62. The van der Waals surface area contributed by atoms with Gasteiger partial charge in [-0.05, 0) is 44.2 Å². The van der Waals surface area contributed by atoms with Crippen LogP contribution in [0.15, 0.2) is 36.5 Å². The van der Waals surface area contributed by atoms with E-state index in [9.17, 15) is 0 Å². The van der Waals surface area contributed by atoms with E-state index in [0.717, 1.165) is 11.4 Å². The number of ether oxygens (including phenoxy) is 1. The van der Waals surface area contributed by atoms with Gasteiger partial charge in [0.15, 0.2) is 0 Å². The predicted molar refractivity (Wildman–Crippen MR) is 76.0 cm³/mol. The molecule has 2 heterocycles. The van der Waals surface area contributed by atoms with Crippen LogP contribution in [0.2, 0.25) is 5.02 Å². The quantitative estimate of drug-likeness (QED) is 0.742. The molecule has 3 aromatic rings. The largest absolute Gasteiger partial charge is 0.484 e. The summed E-state index contributed by atoms with van der Waals surface area (Å²) in [6.45, 7) is 3.80. The van der Waals surface area contributed by atoms with Crippen molar-refractivity contribution in [3.05, 3.63) is 53.1 Å². The zero-order valence-electron chi connectivity index (χ0n) is 11.1. The molecule has 0 bridgehead atoms.